The monoisotopic (exact) mass is 412 g/mol. The molecule has 0 bridgehead atoms. The summed E-state index contributed by atoms with van der Waals surface area (Å²) in [6.45, 7) is 3.58. The van der Waals surface area contributed by atoms with E-state index in [1.807, 2.05) is 55.7 Å². The third kappa shape index (κ3) is 4.82. The first kappa shape index (κ1) is 20.8. The Morgan fingerprint density at radius 2 is 1.94 bits per heavy atom. The Morgan fingerprint density at radius 1 is 1.13 bits per heavy atom. The highest BCUT2D eigenvalue weighted by atomic mass is 19.1. The zero-order valence-electron chi connectivity index (χ0n) is 17.6. The zero-order chi connectivity index (χ0) is 21.8. The van der Waals surface area contributed by atoms with Crippen LogP contribution in [-0.4, -0.2) is 24.1 Å². The van der Waals surface area contributed by atoms with E-state index in [0.717, 1.165) is 59.4 Å². The Hall–Kier alpha value is -3.49. The van der Waals surface area contributed by atoms with Gasteiger partial charge in [0.15, 0.2) is 0 Å². The van der Waals surface area contributed by atoms with Gasteiger partial charge in [0.1, 0.15) is 5.82 Å². The molecule has 0 atom stereocenters. The zero-order valence-corrected chi connectivity index (χ0v) is 17.6. The molecule has 1 saturated heterocycles. The van der Waals surface area contributed by atoms with Crippen molar-refractivity contribution in [3.63, 3.8) is 0 Å². The Bertz CT molecular complexity index is 1130. The Labute approximate surface area is 182 Å². The van der Waals surface area contributed by atoms with Crippen LogP contribution in [0.25, 0.3) is 23.3 Å². The van der Waals surface area contributed by atoms with E-state index in [2.05, 4.69) is 16.0 Å². The van der Waals surface area contributed by atoms with E-state index in [1.165, 1.54) is 6.07 Å². The molecule has 0 radical (unpaired) electrons. The SMILES string of the molecule is Cc1cc(F)cc(-c2cncc(/C=C/c3cccc(C#N)c3)c2N2CCC(N)CC2)c1. The van der Waals surface area contributed by atoms with Crippen LogP contribution in [0.1, 0.15) is 35.1 Å². The number of piperidine rings is 1. The third-order valence-corrected chi connectivity index (χ3v) is 5.63. The smallest absolute Gasteiger partial charge is 0.124 e. The van der Waals surface area contributed by atoms with Gasteiger partial charge in [-0.1, -0.05) is 30.4 Å². The van der Waals surface area contributed by atoms with Gasteiger partial charge < -0.3 is 10.6 Å². The average Bonchev–Trinajstić information content (AvgIpc) is 2.77. The summed E-state index contributed by atoms with van der Waals surface area (Å²) in [5, 5.41) is 9.16. The molecule has 0 aliphatic carbocycles. The van der Waals surface area contributed by atoms with Crippen molar-refractivity contribution in [3.05, 3.63) is 82.9 Å². The van der Waals surface area contributed by atoms with E-state index >= 15 is 0 Å². The van der Waals surface area contributed by atoms with Crippen molar-refractivity contribution in [2.24, 2.45) is 5.73 Å². The maximum absolute atomic E-state index is 14.2. The molecule has 156 valence electrons. The van der Waals surface area contributed by atoms with Gasteiger partial charge in [0.25, 0.3) is 0 Å². The largest absolute Gasteiger partial charge is 0.370 e. The highest BCUT2D eigenvalue weighted by Gasteiger charge is 2.22. The topological polar surface area (TPSA) is 65.9 Å². The van der Waals surface area contributed by atoms with Crippen LogP contribution >= 0.6 is 0 Å². The molecule has 3 aromatic rings. The van der Waals surface area contributed by atoms with Crippen molar-refractivity contribution in [1.82, 2.24) is 4.98 Å². The van der Waals surface area contributed by atoms with E-state index in [4.69, 9.17) is 11.0 Å². The summed E-state index contributed by atoms with van der Waals surface area (Å²) >= 11 is 0. The van der Waals surface area contributed by atoms with Crippen LogP contribution in [0.4, 0.5) is 10.1 Å². The van der Waals surface area contributed by atoms with E-state index in [0.29, 0.717) is 5.56 Å². The van der Waals surface area contributed by atoms with Crippen molar-refractivity contribution in [3.8, 4) is 17.2 Å². The molecule has 31 heavy (non-hydrogen) atoms. The lowest BCUT2D eigenvalue weighted by Crippen LogP contribution is -2.40. The number of nitriles is 1. The van der Waals surface area contributed by atoms with E-state index in [9.17, 15) is 4.39 Å². The van der Waals surface area contributed by atoms with Crippen LogP contribution in [0.15, 0.2) is 54.9 Å². The second-order valence-corrected chi connectivity index (χ2v) is 8.04. The number of aromatic nitrogens is 1. The summed E-state index contributed by atoms with van der Waals surface area (Å²) in [6, 6.07) is 14.9. The van der Waals surface area contributed by atoms with Crippen LogP contribution < -0.4 is 10.6 Å². The van der Waals surface area contributed by atoms with Gasteiger partial charge in [0, 0.05) is 42.7 Å². The van der Waals surface area contributed by atoms with E-state index in [-0.39, 0.29) is 11.9 Å². The summed E-state index contributed by atoms with van der Waals surface area (Å²) in [7, 11) is 0. The molecule has 2 N–H and O–H groups in total. The maximum atomic E-state index is 14.2. The Kier molecular flexibility index (Phi) is 6.11. The minimum atomic E-state index is -0.254. The summed E-state index contributed by atoms with van der Waals surface area (Å²) in [5.74, 6) is -0.254. The molecule has 1 aromatic heterocycles. The molecule has 2 heterocycles. The summed E-state index contributed by atoms with van der Waals surface area (Å²) in [4.78, 5) is 6.78. The van der Waals surface area contributed by atoms with Gasteiger partial charge in [0.05, 0.1) is 17.3 Å². The molecule has 0 unspecified atom stereocenters. The minimum absolute atomic E-state index is 0.214. The number of hydrogen-bond acceptors (Lipinski definition) is 4. The van der Waals surface area contributed by atoms with Crippen LogP contribution in [-0.2, 0) is 0 Å². The molecule has 5 heteroatoms. The fourth-order valence-electron chi connectivity index (χ4n) is 4.07. The maximum Gasteiger partial charge on any atom is 0.124 e. The number of aryl methyl sites for hydroxylation is 1. The summed E-state index contributed by atoms with van der Waals surface area (Å²) in [6.07, 6.45) is 9.48. The third-order valence-electron chi connectivity index (χ3n) is 5.63. The van der Waals surface area contributed by atoms with E-state index in [1.54, 1.807) is 12.1 Å². The summed E-state index contributed by atoms with van der Waals surface area (Å²) < 4.78 is 14.2. The van der Waals surface area contributed by atoms with Gasteiger partial charge in [-0.05, 0) is 60.7 Å². The number of halogens is 1. The van der Waals surface area contributed by atoms with Crippen LogP contribution in [0.2, 0.25) is 0 Å². The first-order valence-electron chi connectivity index (χ1n) is 10.5. The lowest BCUT2D eigenvalue weighted by Gasteiger charge is -2.34. The number of hydrogen-bond donors (Lipinski definition) is 1. The molecule has 0 spiro atoms. The second-order valence-electron chi connectivity index (χ2n) is 8.04. The average molecular weight is 413 g/mol. The van der Waals surface area contributed by atoms with Gasteiger partial charge in [-0.3, -0.25) is 4.98 Å². The molecule has 1 aliphatic heterocycles. The normalized spacial score (nSPS) is 14.7. The molecule has 2 aromatic carbocycles. The quantitative estimate of drug-likeness (QED) is 0.642. The number of rotatable bonds is 4. The van der Waals surface area contributed by atoms with Gasteiger partial charge in [0.2, 0.25) is 0 Å². The van der Waals surface area contributed by atoms with Crippen molar-refractivity contribution in [1.29, 1.82) is 5.26 Å². The van der Waals surface area contributed by atoms with Crippen molar-refractivity contribution >= 4 is 17.8 Å². The minimum Gasteiger partial charge on any atom is -0.370 e. The number of nitrogens with two attached hydrogens (primary N) is 1. The number of nitrogens with zero attached hydrogens (tertiary/aromatic N) is 3. The molecule has 4 nitrogen and oxygen atoms in total. The van der Waals surface area contributed by atoms with Crippen LogP contribution in [0.3, 0.4) is 0 Å². The van der Waals surface area contributed by atoms with Gasteiger partial charge in [-0.2, -0.15) is 5.26 Å². The fourth-order valence-corrected chi connectivity index (χ4v) is 4.07. The van der Waals surface area contributed by atoms with Crippen molar-refractivity contribution in [2.45, 2.75) is 25.8 Å². The standard InChI is InChI=1S/C26H25FN4/c1-18-11-22(14-23(27)12-18)25-17-30-16-21(26(25)31-9-7-24(29)8-10-31)6-5-19-3-2-4-20(13-19)15-28/h2-6,11-14,16-17,24H,7-10,29H2,1H3/b6-5+. The highest BCUT2D eigenvalue weighted by molar-refractivity contribution is 5.87. The van der Waals surface area contributed by atoms with E-state index < -0.39 is 0 Å². The molecule has 1 aliphatic rings. The number of anilines is 1. The van der Waals surface area contributed by atoms with Gasteiger partial charge in [-0.15, -0.1) is 0 Å². The molecule has 0 amide bonds. The highest BCUT2D eigenvalue weighted by Crippen LogP contribution is 2.36. The lowest BCUT2D eigenvalue weighted by atomic mass is 9.97. The van der Waals surface area contributed by atoms with Crippen molar-refractivity contribution < 1.29 is 4.39 Å². The van der Waals surface area contributed by atoms with Gasteiger partial charge >= 0.3 is 0 Å². The Balaban J connectivity index is 1.80. The summed E-state index contributed by atoms with van der Waals surface area (Å²) in [5.41, 5.74) is 12.3. The Morgan fingerprint density at radius 3 is 2.68 bits per heavy atom. The predicted molar refractivity (Wildman–Crippen MR) is 124 cm³/mol. The van der Waals surface area contributed by atoms with Crippen molar-refractivity contribution in [2.75, 3.05) is 18.0 Å². The lowest BCUT2D eigenvalue weighted by molar-refractivity contribution is 0.501. The molecule has 1 fully saturated rings. The van der Waals surface area contributed by atoms with Gasteiger partial charge in [-0.25, -0.2) is 4.39 Å². The van der Waals surface area contributed by atoms with Crippen LogP contribution in [0, 0.1) is 24.1 Å². The predicted octanol–water partition coefficient (Wildman–Crippen LogP) is 5.17. The number of pyridine rings is 1. The second kappa shape index (κ2) is 9.11. The first-order chi connectivity index (χ1) is 15.0. The fraction of sp³-hybridized carbons (Fsp3) is 0.231. The first-order valence-corrected chi connectivity index (χ1v) is 10.5. The molecular formula is C26H25FN4. The van der Waals surface area contributed by atoms with Crippen LogP contribution in [0.5, 0.6) is 0 Å². The molecule has 0 saturated carbocycles. The molecular weight excluding hydrogens is 387 g/mol. The molecule has 4 rings (SSSR count). The number of benzene rings is 2.